The van der Waals surface area contributed by atoms with Crippen molar-refractivity contribution in [3.05, 3.63) is 102 Å². The predicted molar refractivity (Wildman–Crippen MR) is 143 cm³/mol. The molecule has 1 atom stereocenters. The number of hydrogen-bond acceptors (Lipinski definition) is 4. The van der Waals surface area contributed by atoms with E-state index in [-0.39, 0.29) is 24.8 Å². The third kappa shape index (κ3) is 10.7. The fraction of sp³-hybridized carbons (Fsp3) is 0.333. The number of rotatable bonds is 15. The van der Waals surface area contributed by atoms with Crippen molar-refractivity contribution in [2.45, 2.75) is 51.0 Å². The van der Waals surface area contributed by atoms with Crippen LogP contribution >= 0.6 is 0 Å². The van der Waals surface area contributed by atoms with Gasteiger partial charge < -0.3 is 15.3 Å². The summed E-state index contributed by atoms with van der Waals surface area (Å²) in [6.07, 6.45) is 6.86. The van der Waals surface area contributed by atoms with Crippen LogP contribution in [0.5, 0.6) is 0 Å². The van der Waals surface area contributed by atoms with Crippen LogP contribution in [0.2, 0.25) is 0 Å². The molecule has 7 heteroatoms. The molecular formula is C30H35N3O4. The first-order valence-corrected chi connectivity index (χ1v) is 12.8. The van der Waals surface area contributed by atoms with E-state index >= 15 is 0 Å². The summed E-state index contributed by atoms with van der Waals surface area (Å²) in [5.41, 5.74) is 3.29. The molecule has 7 nitrogen and oxygen atoms in total. The van der Waals surface area contributed by atoms with Gasteiger partial charge in [-0.2, -0.15) is 0 Å². The van der Waals surface area contributed by atoms with Crippen molar-refractivity contribution in [1.82, 2.24) is 15.2 Å². The van der Waals surface area contributed by atoms with Crippen molar-refractivity contribution in [3.8, 4) is 0 Å². The number of amides is 2. The number of carboxylic acid groups (broad SMARTS) is 1. The van der Waals surface area contributed by atoms with Crippen molar-refractivity contribution >= 4 is 17.8 Å². The SMILES string of the molecule is O=C(O)CC(CCc1ccccc1)NC(=O)CN(CCc1ccccc1)C(=O)CCCc1ccncc1. The van der Waals surface area contributed by atoms with E-state index in [0.717, 1.165) is 23.1 Å². The maximum absolute atomic E-state index is 13.1. The first-order valence-electron chi connectivity index (χ1n) is 12.8. The number of nitrogens with one attached hydrogen (secondary N) is 1. The second-order valence-corrected chi connectivity index (χ2v) is 9.15. The molecule has 3 rings (SSSR count). The molecule has 0 radical (unpaired) electrons. The standard InChI is InChI=1S/C30H35N3O4/c34-28(32-27(22-30(36)37)15-14-24-8-3-1-4-9-24)23-33(21-18-25-10-5-2-6-11-25)29(35)13-7-12-26-16-19-31-20-17-26/h1-6,8-11,16-17,19-20,27H,7,12-15,18,21-23H2,(H,32,34)(H,36,37). The first-order chi connectivity index (χ1) is 18.0. The summed E-state index contributed by atoms with van der Waals surface area (Å²) < 4.78 is 0. The molecule has 1 heterocycles. The Morgan fingerprint density at radius 3 is 2.03 bits per heavy atom. The number of aliphatic carboxylic acids is 1. The lowest BCUT2D eigenvalue weighted by Crippen LogP contribution is -2.45. The fourth-order valence-electron chi connectivity index (χ4n) is 4.22. The summed E-state index contributed by atoms with van der Waals surface area (Å²) in [5.74, 6) is -1.39. The highest BCUT2D eigenvalue weighted by Gasteiger charge is 2.21. The summed E-state index contributed by atoms with van der Waals surface area (Å²) in [6, 6.07) is 23.0. The van der Waals surface area contributed by atoms with Crippen LogP contribution in [0.1, 0.15) is 42.4 Å². The van der Waals surface area contributed by atoms with Gasteiger partial charge in [0.25, 0.3) is 0 Å². The maximum atomic E-state index is 13.1. The van der Waals surface area contributed by atoms with Crippen LogP contribution in [0.15, 0.2) is 85.2 Å². The van der Waals surface area contributed by atoms with Gasteiger partial charge in [-0.3, -0.25) is 19.4 Å². The van der Waals surface area contributed by atoms with Crippen LogP contribution < -0.4 is 5.32 Å². The lowest BCUT2D eigenvalue weighted by molar-refractivity contribution is -0.139. The Kier molecular flexibility index (Phi) is 11.3. The van der Waals surface area contributed by atoms with Crippen molar-refractivity contribution in [2.24, 2.45) is 0 Å². The quantitative estimate of drug-likeness (QED) is 0.327. The molecule has 0 saturated carbocycles. The molecule has 2 aromatic carbocycles. The van der Waals surface area contributed by atoms with Crippen LogP contribution in [0.3, 0.4) is 0 Å². The van der Waals surface area contributed by atoms with Crippen LogP contribution in [0.25, 0.3) is 0 Å². The number of carboxylic acids is 1. The number of nitrogens with zero attached hydrogens (tertiary/aromatic N) is 2. The Morgan fingerprint density at radius 1 is 0.811 bits per heavy atom. The minimum Gasteiger partial charge on any atom is -0.481 e. The Bertz CT molecular complexity index is 1110. The number of carbonyl (C=O) groups is 3. The number of aryl methyl sites for hydroxylation is 2. The third-order valence-electron chi connectivity index (χ3n) is 6.22. The molecule has 0 spiro atoms. The lowest BCUT2D eigenvalue weighted by Gasteiger charge is -2.24. The third-order valence-corrected chi connectivity index (χ3v) is 6.22. The normalized spacial score (nSPS) is 11.5. The smallest absolute Gasteiger partial charge is 0.305 e. The van der Waals surface area contributed by atoms with Gasteiger partial charge in [0.15, 0.2) is 0 Å². The van der Waals surface area contributed by atoms with Gasteiger partial charge in [-0.25, -0.2) is 0 Å². The average molecular weight is 502 g/mol. The van der Waals surface area contributed by atoms with Crippen molar-refractivity contribution in [1.29, 1.82) is 0 Å². The lowest BCUT2D eigenvalue weighted by atomic mass is 10.0. The van der Waals surface area contributed by atoms with E-state index in [1.54, 1.807) is 17.3 Å². The van der Waals surface area contributed by atoms with E-state index in [1.165, 1.54) is 0 Å². The van der Waals surface area contributed by atoms with Gasteiger partial charge in [-0.1, -0.05) is 60.7 Å². The van der Waals surface area contributed by atoms with E-state index < -0.39 is 12.0 Å². The molecule has 37 heavy (non-hydrogen) atoms. The molecule has 2 amide bonds. The molecule has 0 aliphatic heterocycles. The van der Waals surface area contributed by atoms with Crippen LogP contribution in [-0.4, -0.2) is 51.9 Å². The Balaban J connectivity index is 1.58. The predicted octanol–water partition coefficient (Wildman–Crippen LogP) is 4.07. The molecule has 0 aliphatic carbocycles. The Labute approximate surface area is 218 Å². The molecule has 1 aromatic heterocycles. The van der Waals surface area contributed by atoms with Crippen molar-refractivity contribution < 1.29 is 19.5 Å². The van der Waals surface area contributed by atoms with Gasteiger partial charge in [-0.05, 0) is 60.9 Å². The van der Waals surface area contributed by atoms with E-state index in [0.29, 0.717) is 38.6 Å². The van der Waals surface area contributed by atoms with Crippen molar-refractivity contribution in [2.75, 3.05) is 13.1 Å². The number of hydrogen-bond donors (Lipinski definition) is 2. The van der Waals surface area contributed by atoms with Gasteiger partial charge >= 0.3 is 5.97 Å². The molecule has 0 bridgehead atoms. The molecule has 194 valence electrons. The summed E-state index contributed by atoms with van der Waals surface area (Å²) in [6.45, 7) is 0.321. The van der Waals surface area contributed by atoms with Gasteiger partial charge in [0.2, 0.25) is 11.8 Å². The average Bonchev–Trinajstić information content (AvgIpc) is 2.91. The molecule has 2 N–H and O–H groups in total. The minimum absolute atomic E-state index is 0.0841. The van der Waals surface area contributed by atoms with Gasteiger partial charge in [0, 0.05) is 31.4 Å². The van der Waals surface area contributed by atoms with Crippen LogP contribution in [-0.2, 0) is 33.6 Å². The highest BCUT2D eigenvalue weighted by Crippen LogP contribution is 2.10. The highest BCUT2D eigenvalue weighted by molar-refractivity contribution is 5.85. The van der Waals surface area contributed by atoms with Crippen LogP contribution in [0, 0.1) is 0 Å². The number of benzene rings is 2. The monoisotopic (exact) mass is 501 g/mol. The first kappa shape index (κ1) is 27.6. The fourth-order valence-corrected chi connectivity index (χ4v) is 4.22. The Morgan fingerprint density at radius 2 is 1.41 bits per heavy atom. The zero-order valence-corrected chi connectivity index (χ0v) is 21.1. The molecule has 3 aromatic rings. The summed E-state index contributed by atoms with van der Waals surface area (Å²) in [7, 11) is 0. The van der Waals surface area contributed by atoms with Crippen molar-refractivity contribution in [3.63, 3.8) is 0 Å². The number of pyridine rings is 1. The van der Waals surface area contributed by atoms with E-state index in [2.05, 4.69) is 10.3 Å². The zero-order chi connectivity index (χ0) is 26.3. The molecule has 0 fully saturated rings. The second-order valence-electron chi connectivity index (χ2n) is 9.15. The minimum atomic E-state index is -0.966. The van der Waals surface area contributed by atoms with Gasteiger partial charge in [0.1, 0.15) is 0 Å². The van der Waals surface area contributed by atoms with Crippen LogP contribution in [0.4, 0.5) is 0 Å². The summed E-state index contributed by atoms with van der Waals surface area (Å²) >= 11 is 0. The van der Waals surface area contributed by atoms with Gasteiger partial charge in [0.05, 0.1) is 13.0 Å². The number of carbonyl (C=O) groups excluding carboxylic acids is 2. The molecule has 0 saturated heterocycles. The van der Waals surface area contributed by atoms with E-state index in [9.17, 15) is 19.5 Å². The van der Waals surface area contributed by atoms with E-state index in [4.69, 9.17) is 0 Å². The number of aromatic nitrogens is 1. The topological polar surface area (TPSA) is 99.6 Å². The maximum Gasteiger partial charge on any atom is 0.305 e. The molecule has 0 aliphatic rings. The van der Waals surface area contributed by atoms with Gasteiger partial charge in [-0.15, -0.1) is 0 Å². The van der Waals surface area contributed by atoms with E-state index in [1.807, 2.05) is 72.8 Å². The summed E-state index contributed by atoms with van der Waals surface area (Å²) in [4.78, 5) is 43.1. The molecular weight excluding hydrogens is 466 g/mol. The highest BCUT2D eigenvalue weighted by atomic mass is 16.4. The Hall–Kier alpha value is -4.00. The summed E-state index contributed by atoms with van der Waals surface area (Å²) in [5, 5.41) is 12.2. The molecule has 1 unspecified atom stereocenters. The zero-order valence-electron chi connectivity index (χ0n) is 21.1. The largest absolute Gasteiger partial charge is 0.481 e. The second kappa shape index (κ2) is 15.2.